The van der Waals surface area contributed by atoms with Gasteiger partial charge in [0.25, 0.3) is 0 Å². The van der Waals surface area contributed by atoms with Crippen LogP contribution in [0.15, 0.2) is 12.1 Å². The lowest BCUT2D eigenvalue weighted by Crippen LogP contribution is -2.08. The molecule has 0 N–H and O–H groups in total. The third-order valence-corrected chi connectivity index (χ3v) is 2.88. The number of Topliss-reactive ketones (excluding diaryl/α,β-unsaturated/α-hetero) is 1. The van der Waals surface area contributed by atoms with Gasteiger partial charge in [-0.25, -0.2) is 0 Å². The van der Waals surface area contributed by atoms with Gasteiger partial charge in [-0.3, -0.25) is 4.79 Å². The quantitative estimate of drug-likeness (QED) is 0.592. The summed E-state index contributed by atoms with van der Waals surface area (Å²) < 4.78 is 5.57. The van der Waals surface area contributed by atoms with Gasteiger partial charge in [0.15, 0.2) is 5.78 Å². The van der Waals surface area contributed by atoms with Crippen LogP contribution in [0, 0.1) is 0 Å². The van der Waals surface area contributed by atoms with Gasteiger partial charge in [0, 0.05) is 5.02 Å². The molecule has 0 saturated carbocycles. The average molecular weight is 275 g/mol. The Hall–Kier alpha value is -0.730. The molecule has 2 nitrogen and oxygen atoms in total. The lowest BCUT2D eigenvalue weighted by atomic mass is 9.97. The number of carbonyl (C=O) groups is 1. The van der Waals surface area contributed by atoms with Gasteiger partial charge in [0.05, 0.1) is 18.1 Å². The molecule has 0 heterocycles. The van der Waals surface area contributed by atoms with Gasteiger partial charge >= 0.3 is 0 Å². The Morgan fingerprint density at radius 1 is 1.41 bits per heavy atom. The molecule has 0 fully saturated rings. The molecule has 1 rings (SSSR count). The van der Waals surface area contributed by atoms with Crippen molar-refractivity contribution in [3.05, 3.63) is 28.3 Å². The maximum atomic E-state index is 11.8. The second-order valence-corrected chi connectivity index (χ2v) is 4.72. The largest absolute Gasteiger partial charge is 0.493 e. The molecule has 0 aromatic heterocycles. The van der Waals surface area contributed by atoms with Crippen molar-refractivity contribution in [2.24, 2.45) is 0 Å². The Morgan fingerprint density at radius 2 is 2.06 bits per heavy atom. The highest BCUT2D eigenvalue weighted by Gasteiger charge is 2.18. The molecule has 4 heteroatoms. The first-order valence-electron chi connectivity index (χ1n) is 5.56. The van der Waals surface area contributed by atoms with Crippen molar-refractivity contribution in [2.75, 3.05) is 12.5 Å². The zero-order valence-corrected chi connectivity index (χ0v) is 11.7. The fourth-order valence-corrected chi connectivity index (χ4v) is 2.00. The lowest BCUT2D eigenvalue weighted by Gasteiger charge is -2.17. The van der Waals surface area contributed by atoms with E-state index in [4.69, 9.17) is 27.9 Å². The Morgan fingerprint density at radius 3 is 2.53 bits per heavy atom. The molecule has 1 aromatic carbocycles. The van der Waals surface area contributed by atoms with Crippen LogP contribution < -0.4 is 4.74 Å². The predicted octanol–water partition coefficient (Wildman–Crippen LogP) is 4.28. The van der Waals surface area contributed by atoms with Crippen LogP contribution in [0.5, 0.6) is 5.75 Å². The number of halogens is 2. The molecule has 94 valence electrons. The van der Waals surface area contributed by atoms with Gasteiger partial charge in [-0.15, -0.1) is 11.6 Å². The smallest absolute Gasteiger partial charge is 0.181 e. The molecule has 0 amide bonds. The molecule has 0 atom stereocenters. The van der Waals surface area contributed by atoms with E-state index in [-0.39, 0.29) is 17.6 Å². The molecule has 0 aliphatic rings. The van der Waals surface area contributed by atoms with Crippen molar-refractivity contribution < 1.29 is 9.53 Å². The van der Waals surface area contributed by atoms with E-state index in [0.29, 0.717) is 22.9 Å². The number of benzene rings is 1. The number of ketones is 1. The summed E-state index contributed by atoms with van der Waals surface area (Å²) >= 11 is 11.6. The Labute approximate surface area is 112 Å². The first-order chi connectivity index (χ1) is 8.01. The molecule has 0 saturated heterocycles. The molecular weight excluding hydrogens is 259 g/mol. The number of alkyl halides is 1. The van der Waals surface area contributed by atoms with Crippen molar-refractivity contribution >= 4 is 29.0 Å². The topological polar surface area (TPSA) is 26.3 Å². The zero-order chi connectivity index (χ0) is 13.0. The van der Waals surface area contributed by atoms with Gasteiger partial charge in [-0.1, -0.05) is 25.4 Å². The molecule has 1 aromatic rings. The molecule has 0 aliphatic heterocycles. The van der Waals surface area contributed by atoms with Crippen LogP contribution in [-0.4, -0.2) is 18.3 Å². The summed E-state index contributed by atoms with van der Waals surface area (Å²) in [6.07, 6.45) is 0. The fourth-order valence-electron chi connectivity index (χ4n) is 1.63. The molecular formula is C13H16Cl2O2. The van der Waals surface area contributed by atoms with Crippen LogP contribution in [0.3, 0.4) is 0 Å². The van der Waals surface area contributed by atoms with Gasteiger partial charge in [0.1, 0.15) is 5.75 Å². The first-order valence-corrected chi connectivity index (χ1v) is 6.47. The van der Waals surface area contributed by atoms with E-state index < -0.39 is 0 Å². The SMILES string of the molecule is CCOc1c(C(=O)CCl)cc(Cl)cc1C(C)C. The van der Waals surface area contributed by atoms with E-state index in [2.05, 4.69) is 0 Å². The van der Waals surface area contributed by atoms with Crippen molar-refractivity contribution in [3.63, 3.8) is 0 Å². The number of rotatable bonds is 5. The number of ether oxygens (including phenoxy) is 1. The summed E-state index contributed by atoms with van der Waals surface area (Å²) in [6, 6.07) is 3.45. The van der Waals surface area contributed by atoms with Crippen molar-refractivity contribution in [2.45, 2.75) is 26.7 Å². The number of carbonyl (C=O) groups excluding carboxylic acids is 1. The molecule has 17 heavy (non-hydrogen) atoms. The monoisotopic (exact) mass is 274 g/mol. The van der Waals surface area contributed by atoms with Crippen LogP contribution >= 0.6 is 23.2 Å². The third-order valence-electron chi connectivity index (χ3n) is 2.41. The van der Waals surface area contributed by atoms with E-state index in [9.17, 15) is 4.79 Å². The second kappa shape index (κ2) is 6.27. The molecule has 0 spiro atoms. The molecule has 0 aliphatic carbocycles. The molecule has 0 radical (unpaired) electrons. The van der Waals surface area contributed by atoms with Crippen LogP contribution in [0.2, 0.25) is 5.02 Å². The van der Waals surface area contributed by atoms with Crippen LogP contribution in [-0.2, 0) is 0 Å². The van der Waals surface area contributed by atoms with E-state index in [1.807, 2.05) is 26.8 Å². The standard InChI is InChI=1S/C13H16Cl2O2/c1-4-17-13-10(8(2)3)5-9(15)6-11(13)12(16)7-14/h5-6,8H,4,7H2,1-3H3. The van der Waals surface area contributed by atoms with Crippen LogP contribution in [0.4, 0.5) is 0 Å². The summed E-state index contributed by atoms with van der Waals surface area (Å²) in [7, 11) is 0. The highest BCUT2D eigenvalue weighted by molar-refractivity contribution is 6.33. The highest BCUT2D eigenvalue weighted by Crippen LogP contribution is 2.34. The summed E-state index contributed by atoms with van der Waals surface area (Å²) in [5.41, 5.74) is 1.41. The van der Waals surface area contributed by atoms with Crippen molar-refractivity contribution in [1.29, 1.82) is 0 Å². The highest BCUT2D eigenvalue weighted by atomic mass is 35.5. The minimum atomic E-state index is -0.167. The Balaban J connectivity index is 3.40. The summed E-state index contributed by atoms with van der Waals surface area (Å²) in [5, 5.41) is 0.533. The molecule has 0 unspecified atom stereocenters. The second-order valence-electron chi connectivity index (χ2n) is 4.02. The minimum absolute atomic E-state index is 0.0715. The van der Waals surface area contributed by atoms with Crippen LogP contribution in [0.25, 0.3) is 0 Å². The number of hydrogen-bond acceptors (Lipinski definition) is 2. The van der Waals surface area contributed by atoms with Gasteiger partial charge < -0.3 is 4.74 Å². The van der Waals surface area contributed by atoms with Crippen LogP contribution in [0.1, 0.15) is 42.6 Å². The van der Waals surface area contributed by atoms with E-state index in [1.165, 1.54) is 0 Å². The Bertz CT molecular complexity index is 414. The fraction of sp³-hybridized carbons (Fsp3) is 0.462. The number of hydrogen-bond donors (Lipinski definition) is 0. The van der Waals surface area contributed by atoms with Gasteiger partial charge in [0.2, 0.25) is 0 Å². The normalized spacial score (nSPS) is 10.7. The molecule has 0 bridgehead atoms. The zero-order valence-electron chi connectivity index (χ0n) is 10.2. The minimum Gasteiger partial charge on any atom is -0.493 e. The van der Waals surface area contributed by atoms with Gasteiger partial charge in [-0.2, -0.15) is 0 Å². The maximum absolute atomic E-state index is 11.8. The third kappa shape index (κ3) is 3.36. The van der Waals surface area contributed by atoms with E-state index >= 15 is 0 Å². The summed E-state index contributed by atoms with van der Waals surface area (Å²) in [5.74, 6) is 0.604. The maximum Gasteiger partial charge on any atom is 0.181 e. The van der Waals surface area contributed by atoms with Crippen molar-refractivity contribution in [1.82, 2.24) is 0 Å². The van der Waals surface area contributed by atoms with E-state index in [1.54, 1.807) is 6.07 Å². The first kappa shape index (κ1) is 14.3. The van der Waals surface area contributed by atoms with E-state index in [0.717, 1.165) is 5.56 Å². The van der Waals surface area contributed by atoms with Crippen molar-refractivity contribution in [3.8, 4) is 5.75 Å². The lowest BCUT2D eigenvalue weighted by molar-refractivity contribution is 0.101. The Kier molecular flexibility index (Phi) is 5.29. The summed E-state index contributed by atoms with van der Waals surface area (Å²) in [6.45, 7) is 6.45. The average Bonchev–Trinajstić information content (AvgIpc) is 2.29. The summed E-state index contributed by atoms with van der Waals surface area (Å²) in [4.78, 5) is 11.8. The van der Waals surface area contributed by atoms with Gasteiger partial charge in [-0.05, 0) is 30.5 Å². The predicted molar refractivity (Wildman–Crippen MR) is 71.8 cm³/mol.